The Kier molecular flexibility index (Phi) is 40.0. The SMILES string of the molecule is CC[Si](CC)(CC)C1=C[C+]=CC(c2cccc([Si](CC)(CC)CC)c2)=C1O.CC[Si](CC)(CC)c1cccc(-c2ccccc2)c1O.CC[Si](CC)(CC)c1cccc(-c2ccccc2O)c1.CC[Si](CC)(CC)c1cccc2c1oc1c([Si](CC)(CC)CC)cccc12.CC[Si](CC)(CC)c1cccc2c1oc1ccccc12.Oc1ccccc1-c1ccccc1.c1ccc2c(c1)oc1ccccc12. The first-order valence-corrected chi connectivity index (χ1v) is 71.5. The molecule has 13 aromatic carbocycles. The van der Waals surface area contributed by atoms with Crippen LogP contribution in [0.25, 0.3) is 105 Å². The normalized spacial score (nSPS) is 12.4. The molecule has 3 aromatic heterocycles. The average molecular weight is 1980 g/mol. The summed E-state index contributed by atoms with van der Waals surface area (Å²) in [6.07, 6.45) is 7.40. The van der Waals surface area contributed by atoms with Gasteiger partial charge in [0.15, 0.2) is 8.07 Å². The smallest absolute Gasteiger partial charge is 0.234 e. The van der Waals surface area contributed by atoms with E-state index >= 15 is 0 Å². The van der Waals surface area contributed by atoms with Crippen molar-refractivity contribution in [2.45, 2.75) is 272 Å². The lowest BCUT2D eigenvalue weighted by molar-refractivity contribution is 0.430. The Morgan fingerprint density at radius 3 is 0.886 bits per heavy atom. The predicted molar refractivity (Wildman–Crippen MR) is 632 cm³/mol. The molecule has 140 heavy (non-hydrogen) atoms. The second-order valence-corrected chi connectivity index (χ2v) is 75.1. The first-order chi connectivity index (χ1) is 68.0. The third-order valence-electron chi connectivity index (χ3n) is 33.8. The Morgan fingerprint density at radius 1 is 0.221 bits per heavy atom. The van der Waals surface area contributed by atoms with Gasteiger partial charge in [-0.1, -0.05) is 525 Å². The van der Waals surface area contributed by atoms with Crippen LogP contribution in [-0.2, 0) is 0 Å². The van der Waals surface area contributed by atoms with Gasteiger partial charge in [0.05, 0.1) is 53.6 Å². The number of fused-ring (bicyclic) bond motifs is 9. The zero-order valence-electron chi connectivity index (χ0n) is 88.4. The summed E-state index contributed by atoms with van der Waals surface area (Å²) < 4.78 is 18.7. The molecule has 4 N–H and O–H groups in total. The molecule has 0 saturated carbocycles. The minimum Gasteiger partial charge on any atom is -0.507 e. The number of hydrogen-bond acceptors (Lipinski definition) is 7. The molecule has 0 fully saturated rings. The molecule has 14 heteroatoms. The highest BCUT2D eigenvalue weighted by Crippen LogP contribution is 2.42. The van der Waals surface area contributed by atoms with E-state index in [2.05, 4.69) is 321 Å². The van der Waals surface area contributed by atoms with Crippen molar-refractivity contribution in [2.24, 2.45) is 0 Å². The van der Waals surface area contributed by atoms with Crippen molar-refractivity contribution >= 4 is 159 Å². The molecule has 1 aliphatic carbocycles. The monoisotopic (exact) mass is 1980 g/mol. The second-order valence-electron chi connectivity index (χ2n) is 38.5. The van der Waals surface area contributed by atoms with Gasteiger partial charge < -0.3 is 33.7 Å². The molecule has 7 nitrogen and oxygen atoms in total. The third-order valence-corrected chi connectivity index (χ3v) is 73.0. The number of phenols is 3. The Hall–Kier alpha value is -10.9. The second kappa shape index (κ2) is 51.2. The Balaban J connectivity index is 0.000000158. The highest BCUT2D eigenvalue weighted by Gasteiger charge is 2.43. The molecule has 0 amide bonds. The highest BCUT2D eigenvalue weighted by atomic mass is 28.3. The quantitative estimate of drug-likeness (QED) is 0.0245. The summed E-state index contributed by atoms with van der Waals surface area (Å²) >= 11 is 0. The summed E-state index contributed by atoms with van der Waals surface area (Å²) in [7, 11) is -10.4. The summed E-state index contributed by atoms with van der Waals surface area (Å²) in [6, 6.07) is 131. The highest BCUT2D eigenvalue weighted by molar-refractivity contribution is 6.96. The fourth-order valence-electron chi connectivity index (χ4n) is 22.8. The zero-order chi connectivity index (χ0) is 101. The molecule has 0 aliphatic heterocycles. The minimum atomic E-state index is -1.65. The molecule has 734 valence electrons. The van der Waals surface area contributed by atoms with Gasteiger partial charge in [-0.05, 0) is 98.0 Å². The number of rotatable bonds is 32. The molecule has 0 unspecified atom stereocenters. The number of aliphatic hydroxyl groups excluding tert-OH is 1. The standard InChI is InChI=1S/2C24H36OSi2.C18H22OSi.2C18H24OSi.C12H8O.C12H10O/c1-7-26(8-2,9-3)21-17-13-15-19-20-16-14-18-22(24(20)25-23(19)21)27(10-4,11-5)12-6;1-7-26(8-2,9-3)21-16-13-15-20(19-21)22-17-14-18-23(24(22)25)27(10-4,11-5)12-6;1-4-20(5-2,6-3)17-13-9-11-15-14-10-7-8-12-16(14)19-18(15)17;1-4-20(5-2,6-3)16-11-9-10-15(14-16)17-12-7-8-13-18(17)19;1-4-20(5-2,6-3)17-14-10-13-16(18(17)19)15-11-8-7-9-12-15;1-3-7-11-9(5-1)10-6-2-4-8-12(10)13-11;13-12-9-5-4-8-11(12)10-6-2-1-3-7-10/h13-18H,7-12H2,1-6H3;13,15-19H,7-12H2,1-6H3;7-13H,4-6H2,1-3H3;2*7-14,19H,4-6H2,1-3H3;1-8H;1-9,13H/p+1. The maximum absolute atomic E-state index is 11.3. The number of benzene rings is 13. The largest absolute Gasteiger partial charge is 0.507 e. The molecule has 0 saturated heterocycles. The summed E-state index contributed by atoms with van der Waals surface area (Å²) in [5.74, 6) is 1.71. The van der Waals surface area contributed by atoms with E-state index in [1.165, 1.54) is 196 Å². The van der Waals surface area contributed by atoms with Crippen molar-refractivity contribution in [1.82, 2.24) is 0 Å². The van der Waals surface area contributed by atoms with E-state index in [1.54, 1.807) is 22.5 Å². The lowest BCUT2D eigenvalue weighted by Crippen LogP contribution is -2.46. The average Bonchev–Trinajstić information content (AvgIpc) is 1.56. The molecule has 0 atom stereocenters. The number of hydrogen-bond donors (Lipinski definition) is 4. The topological polar surface area (TPSA) is 120 Å². The predicted octanol–water partition coefficient (Wildman–Crippen LogP) is 35.5. The molecule has 16 aromatic rings. The van der Waals surface area contributed by atoms with Crippen LogP contribution in [0.3, 0.4) is 0 Å². The molecule has 0 bridgehead atoms. The number of aliphatic hydroxyl groups is 1. The molecular formula is C126H161O7Si7+. The maximum Gasteiger partial charge on any atom is 0.234 e. The number of allylic oxidation sites excluding steroid dienone is 5. The van der Waals surface area contributed by atoms with E-state index in [0.717, 1.165) is 66.8 Å². The molecule has 0 radical (unpaired) electrons. The number of phenolic OH excluding ortho intramolecular Hbond substituents is 3. The van der Waals surface area contributed by atoms with Crippen LogP contribution in [0.15, 0.2) is 340 Å². The van der Waals surface area contributed by atoms with E-state index in [1.807, 2.05) is 133 Å². The van der Waals surface area contributed by atoms with Crippen molar-refractivity contribution < 1.29 is 33.7 Å². The summed E-state index contributed by atoms with van der Waals surface area (Å²) in [4.78, 5) is 0. The molecule has 3 heterocycles. The van der Waals surface area contributed by atoms with E-state index < -0.39 is 56.5 Å². The van der Waals surface area contributed by atoms with E-state index in [4.69, 9.17) is 13.3 Å². The van der Waals surface area contributed by atoms with Crippen LogP contribution >= 0.6 is 0 Å². The van der Waals surface area contributed by atoms with Crippen molar-refractivity contribution in [3.63, 3.8) is 0 Å². The van der Waals surface area contributed by atoms with Gasteiger partial charge >= 0.3 is 0 Å². The molecule has 17 rings (SSSR count). The summed E-state index contributed by atoms with van der Waals surface area (Å²) in [6.45, 7) is 49.0. The van der Waals surface area contributed by atoms with E-state index in [-0.39, 0.29) is 0 Å². The summed E-state index contributed by atoms with van der Waals surface area (Å²) in [5.41, 5.74) is 14.6. The third kappa shape index (κ3) is 23.2. The molecule has 0 spiro atoms. The van der Waals surface area contributed by atoms with Gasteiger partial charge in [-0.25, -0.2) is 0 Å². The maximum atomic E-state index is 11.3. The van der Waals surface area contributed by atoms with Gasteiger partial charge in [0.1, 0.15) is 68.5 Å². The first kappa shape index (κ1) is 109. The van der Waals surface area contributed by atoms with Crippen molar-refractivity contribution in [2.75, 3.05) is 0 Å². The minimum absolute atomic E-state index is 0.328. The van der Waals surface area contributed by atoms with Gasteiger partial charge in [0.25, 0.3) is 0 Å². The number of furan rings is 3. The van der Waals surface area contributed by atoms with Gasteiger partial charge in [-0.3, -0.25) is 0 Å². The zero-order valence-corrected chi connectivity index (χ0v) is 95.4. The van der Waals surface area contributed by atoms with Crippen LogP contribution in [0.4, 0.5) is 0 Å². The van der Waals surface area contributed by atoms with Gasteiger partial charge in [0, 0.05) is 60.6 Å². The Morgan fingerprint density at radius 2 is 0.493 bits per heavy atom. The van der Waals surface area contributed by atoms with Gasteiger partial charge in [0.2, 0.25) is 5.76 Å². The molecular weight excluding hydrogens is 1820 g/mol. The van der Waals surface area contributed by atoms with Gasteiger partial charge in [-0.15, -0.1) is 0 Å². The lowest BCUT2D eigenvalue weighted by atomic mass is 10.0. The molecule has 1 aliphatic rings. The fourth-order valence-corrected chi connectivity index (χ4v) is 48.8. The van der Waals surface area contributed by atoms with Crippen LogP contribution in [0.5, 0.6) is 17.2 Å². The number of para-hydroxylation sites is 9. The van der Waals surface area contributed by atoms with Crippen LogP contribution in [0.2, 0.25) is 127 Å². The van der Waals surface area contributed by atoms with Crippen LogP contribution in [-0.4, -0.2) is 76.9 Å². The van der Waals surface area contributed by atoms with Crippen molar-refractivity contribution in [1.29, 1.82) is 0 Å². The Bertz CT molecular complexity index is 6540. The first-order valence-electron chi connectivity index (χ1n) is 53.1. The van der Waals surface area contributed by atoms with Crippen molar-refractivity contribution in [3.05, 3.63) is 338 Å². The van der Waals surface area contributed by atoms with E-state index in [9.17, 15) is 20.4 Å². The summed E-state index contributed by atoms with van der Waals surface area (Å²) in [5, 5.41) is 59.3. The lowest BCUT2D eigenvalue weighted by Gasteiger charge is -2.30. The van der Waals surface area contributed by atoms with Crippen LogP contribution in [0.1, 0.15) is 151 Å². The van der Waals surface area contributed by atoms with Crippen LogP contribution < -0.4 is 31.1 Å². The Labute approximate surface area is 847 Å². The van der Waals surface area contributed by atoms with Crippen LogP contribution in [0, 0.1) is 6.08 Å². The fraction of sp³-hybridized carbons (Fsp3) is 0.333. The van der Waals surface area contributed by atoms with Crippen molar-refractivity contribution in [3.8, 4) is 50.6 Å². The number of aromatic hydroxyl groups is 3. The van der Waals surface area contributed by atoms with Gasteiger partial charge in [-0.2, -0.15) is 0 Å². The van der Waals surface area contributed by atoms with E-state index in [0.29, 0.717) is 23.0 Å².